The van der Waals surface area contributed by atoms with Crippen molar-refractivity contribution in [3.63, 3.8) is 0 Å². The van der Waals surface area contributed by atoms with E-state index in [1.54, 1.807) is 24.3 Å². The van der Waals surface area contributed by atoms with Gasteiger partial charge >= 0.3 is 6.03 Å². The Morgan fingerprint density at radius 2 is 2.00 bits per heavy atom. The van der Waals surface area contributed by atoms with Crippen LogP contribution < -0.4 is 4.90 Å². The second-order valence-electron chi connectivity index (χ2n) is 7.56. The summed E-state index contributed by atoms with van der Waals surface area (Å²) < 4.78 is 19.1. The lowest BCUT2D eigenvalue weighted by atomic mass is 9.85. The monoisotopic (exact) mass is 378 g/mol. The highest BCUT2D eigenvalue weighted by atomic mass is 19.1. The summed E-state index contributed by atoms with van der Waals surface area (Å²) in [6.07, 6.45) is 2.48. The van der Waals surface area contributed by atoms with E-state index in [4.69, 9.17) is 4.74 Å². The van der Waals surface area contributed by atoms with Crippen molar-refractivity contribution in [2.45, 2.75) is 32.2 Å². The van der Waals surface area contributed by atoms with Gasteiger partial charge in [0.05, 0.1) is 13.2 Å². The summed E-state index contributed by atoms with van der Waals surface area (Å²) >= 11 is 0. The van der Waals surface area contributed by atoms with Crippen LogP contribution in [0, 0.1) is 11.7 Å². The quantitative estimate of drug-likeness (QED) is 0.710. The van der Waals surface area contributed by atoms with Crippen LogP contribution in [-0.4, -0.2) is 72.2 Å². The third kappa shape index (κ3) is 3.50. The van der Waals surface area contributed by atoms with Gasteiger partial charge in [-0.3, -0.25) is 9.69 Å². The first-order chi connectivity index (χ1) is 12.9. The number of hydrogen-bond donors (Lipinski definition) is 0. The zero-order valence-electron chi connectivity index (χ0n) is 16.2. The number of anilines is 1. The van der Waals surface area contributed by atoms with Crippen LogP contribution in [0.25, 0.3) is 0 Å². The maximum absolute atomic E-state index is 14.1. The van der Waals surface area contributed by atoms with Gasteiger partial charge in [0, 0.05) is 32.9 Å². The molecule has 3 amide bonds. The molecular formula is C19H27FN4O3. The SMILES string of the molecule is COCCN1C(=O)N(CC(C)C)C2(CCN(c3ncccc3F)CC2)C1=O. The second kappa shape index (κ2) is 7.80. The Morgan fingerprint density at radius 3 is 2.59 bits per heavy atom. The summed E-state index contributed by atoms with van der Waals surface area (Å²) in [4.78, 5) is 35.1. The number of imide groups is 1. The Morgan fingerprint density at radius 1 is 1.30 bits per heavy atom. The topological polar surface area (TPSA) is 66.0 Å². The molecule has 3 rings (SSSR count). The zero-order chi connectivity index (χ0) is 19.6. The molecule has 3 heterocycles. The van der Waals surface area contributed by atoms with Gasteiger partial charge in [0.15, 0.2) is 11.6 Å². The molecule has 2 aliphatic heterocycles. The fraction of sp³-hybridized carbons (Fsp3) is 0.632. The van der Waals surface area contributed by atoms with Gasteiger partial charge in [-0.2, -0.15) is 0 Å². The number of pyridine rings is 1. The fourth-order valence-corrected chi connectivity index (χ4v) is 3.96. The van der Waals surface area contributed by atoms with Gasteiger partial charge < -0.3 is 14.5 Å². The standard InChI is InChI=1S/C19H27FN4O3/c1-14(2)13-24-18(26)23(11-12-27-3)17(25)19(24)6-9-22(10-7-19)16-15(20)5-4-8-21-16/h4-5,8,14H,6-7,9-13H2,1-3H3. The van der Waals surface area contributed by atoms with Crippen molar-refractivity contribution >= 4 is 17.8 Å². The predicted octanol–water partition coefficient (Wildman–Crippen LogP) is 2.13. The van der Waals surface area contributed by atoms with Gasteiger partial charge in [-0.15, -0.1) is 0 Å². The zero-order valence-corrected chi connectivity index (χ0v) is 16.2. The summed E-state index contributed by atoms with van der Waals surface area (Å²) in [6, 6.07) is 2.69. The number of halogens is 1. The van der Waals surface area contributed by atoms with E-state index in [0.717, 1.165) is 0 Å². The number of amides is 3. The van der Waals surface area contributed by atoms with Crippen LogP contribution in [0.3, 0.4) is 0 Å². The molecule has 0 bridgehead atoms. The van der Waals surface area contributed by atoms with Crippen LogP contribution in [0.4, 0.5) is 15.0 Å². The van der Waals surface area contributed by atoms with Crippen molar-refractivity contribution in [3.05, 3.63) is 24.1 Å². The number of urea groups is 1. The van der Waals surface area contributed by atoms with E-state index < -0.39 is 5.54 Å². The lowest BCUT2D eigenvalue weighted by molar-refractivity contribution is -0.134. The lowest BCUT2D eigenvalue weighted by Gasteiger charge is -2.43. The fourth-order valence-electron chi connectivity index (χ4n) is 3.96. The molecule has 8 heteroatoms. The van der Waals surface area contributed by atoms with Crippen molar-refractivity contribution in [2.75, 3.05) is 44.8 Å². The van der Waals surface area contributed by atoms with E-state index in [0.29, 0.717) is 44.9 Å². The van der Waals surface area contributed by atoms with E-state index in [-0.39, 0.29) is 30.2 Å². The molecule has 1 spiro atoms. The highest BCUT2D eigenvalue weighted by Gasteiger charge is 2.57. The number of rotatable bonds is 6. The number of ether oxygens (including phenoxy) is 1. The molecule has 1 aromatic rings. The molecule has 0 atom stereocenters. The van der Waals surface area contributed by atoms with Crippen molar-refractivity contribution in [1.82, 2.24) is 14.8 Å². The molecule has 148 valence electrons. The third-order valence-electron chi connectivity index (χ3n) is 5.32. The number of carbonyl (C=O) groups excluding carboxylic acids is 2. The number of carbonyl (C=O) groups is 2. The molecular weight excluding hydrogens is 351 g/mol. The predicted molar refractivity (Wildman–Crippen MR) is 98.9 cm³/mol. The molecule has 0 aromatic carbocycles. The van der Waals surface area contributed by atoms with E-state index in [1.165, 1.54) is 11.0 Å². The van der Waals surface area contributed by atoms with Gasteiger partial charge in [-0.25, -0.2) is 14.2 Å². The lowest BCUT2D eigenvalue weighted by Crippen LogP contribution is -2.57. The first kappa shape index (κ1) is 19.5. The van der Waals surface area contributed by atoms with Crippen LogP contribution >= 0.6 is 0 Å². The van der Waals surface area contributed by atoms with Gasteiger partial charge in [-0.05, 0) is 30.9 Å². The number of methoxy groups -OCH3 is 1. The molecule has 2 fully saturated rings. The number of hydrogen-bond acceptors (Lipinski definition) is 5. The summed E-state index contributed by atoms with van der Waals surface area (Å²) in [7, 11) is 1.55. The van der Waals surface area contributed by atoms with Crippen LogP contribution in [0.5, 0.6) is 0 Å². The molecule has 0 N–H and O–H groups in total. The minimum Gasteiger partial charge on any atom is -0.383 e. The molecule has 0 aliphatic carbocycles. The minimum absolute atomic E-state index is 0.161. The normalized spacial score (nSPS) is 19.7. The maximum Gasteiger partial charge on any atom is 0.327 e. The summed E-state index contributed by atoms with van der Waals surface area (Å²) in [6.45, 7) is 6.09. The van der Waals surface area contributed by atoms with E-state index in [1.807, 2.05) is 18.7 Å². The Balaban J connectivity index is 1.83. The average molecular weight is 378 g/mol. The van der Waals surface area contributed by atoms with Crippen molar-refractivity contribution in [2.24, 2.45) is 5.92 Å². The molecule has 0 unspecified atom stereocenters. The smallest absolute Gasteiger partial charge is 0.327 e. The highest BCUT2D eigenvalue weighted by Crippen LogP contribution is 2.38. The number of nitrogens with zero attached hydrogens (tertiary/aromatic N) is 4. The van der Waals surface area contributed by atoms with Crippen molar-refractivity contribution in [1.29, 1.82) is 0 Å². The number of piperidine rings is 1. The van der Waals surface area contributed by atoms with Gasteiger partial charge in [0.1, 0.15) is 5.54 Å². The van der Waals surface area contributed by atoms with Gasteiger partial charge in [0.25, 0.3) is 5.91 Å². The van der Waals surface area contributed by atoms with Gasteiger partial charge in [0.2, 0.25) is 0 Å². The Bertz CT molecular complexity index is 704. The Hall–Kier alpha value is -2.22. The third-order valence-corrected chi connectivity index (χ3v) is 5.32. The van der Waals surface area contributed by atoms with Crippen LogP contribution in [0.15, 0.2) is 18.3 Å². The Kier molecular flexibility index (Phi) is 5.64. The maximum atomic E-state index is 14.1. The number of aromatic nitrogens is 1. The van der Waals surface area contributed by atoms with Gasteiger partial charge in [-0.1, -0.05) is 13.8 Å². The van der Waals surface area contributed by atoms with Crippen molar-refractivity contribution < 1.29 is 18.7 Å². The molecule has 7 nitrogen and oxygen atoms in total. The molecule has 2 saturated heterocycles. The first-order valence-electron chi connectivity index (χ1n) is 9.38. The van der Waals surface area contributed by atoms with Crippen molar-refractivity contribution in [3.8, 4) is 0 Å². The summed E-state index contributed by atoms with van der Waals surface area (Å²) in [5.74, 6) is 0.0115. The molecule has 2 aliphatic rings. The average Bonchev–Trinajstić information content (AvgIpc) is 2.83. The molecule has 27 heavy (non-hydrogen) atoms. The highest BCUT2D eigenvalue weighted by molar-refractivity contribution is 6.07. The van der Waals surface area contributed by atoms with Crippen LogP contribution in [0.1, 0.15) is 26.7 Å². The van der Waals surface area contributed by atoms with Crippen LogP contribution in [-0.2, 0) is 9.53 Å². The largest absolute Gasteiger partial charge is 0.383 e. The van der Waals surface area contributed by atoms with Crippen LogP contribution in [0.2, 0.25) is 0 Å². The second-order valence-corrected chi connectivity index (χ2v) is 7.56. The summed E-state index contributed by atoms with van der Waals surface area (Å²) in [5, 5.41) is 0. The van der Waals surface area contributed by atoms with E-state index in [9.17, 15) is 14.0 Å². The molecule has 0 saturated carbocycles. The molecule has 0 radical (unpaired) electrons. The Labute approximate surface area is 159 Å². The van der Waals surface area contributed by atoms with E-state index >= 15 is 0 Å². The minimum atomic E-state index is -0.850. The molecule has 1 aromatic heterocycles. The first-order valence-corrected chi connectivity index (χ1v) is 9.38. The summed E-state index contributed by atoms with van der Waals surface area (Å²) in [5.41, 5.74) is -0.850. The van der Waals surface area contributed by atoms with E-state index in [2.05, 4.69) is 4.98 Å².